The molecule has 0 aliphatic carbocycles. The van der Waals surface area contributed by atoms with Crippen LogP contribution in [0.5, 0.6) is 0 Å². The molecular formula is C23H53N5. The summed E-state index contributed by atoms with van der Waals surface area (Å²) < 4.78 is 0. The highest BCUT2D eigenvalue weighted by atomic mass is 15.3. The quantitative estimate of drug-likeness (QED) is 0.367. The van der Waals surface area contributed by atoms with E-state index in [2.05, 4.69) is 94.6 Å². The van der Waals surface area contributed by atoms with Gasteiger partial charge in [0.2, 0.25) is 0 Å². The maximum Gasteiger partial charge on any atom is 0.0115 e. The van der Waals surface area contributed by atoms with Crippen molar-refractivity contribution >= 4 is 0 Å². The van der Waals surface area contributed by atoms with Crippen LogP contribution in [0.25, 0.3) is 0 Å². The van der Waals surface area contributed by atoms with Crippen molar-refractivity contribution in [3.63, 3.8) is 0 Å². The van der Waals surface area contributed by atoms with Crippen molar-refractivity contribution in [1.29, 1.82) is 0 Å². The minimum absolute atomic E-state index is 0.568. The number of nitrogens with one attached hydrogen (secondary N) is 2. The van der Waals surface area contributed by atoms with Crippen molar-refractivity contribution in [3.8, 4) is 0 Å². The Bertz CT molecular complexity index is 347. The molecule has 0 aromatic carbocycles. The van der Waals surface area contributed by atoms with Crippen LogP contribution in [0, 0.1) is 0 Å². The van der Waals surface area contributed by atoms with Gasteiger partial charge in [-0.3, -0.25) is 14.7 Å². The average Bonchev–Trinajstić information content (AvgIpc) is 2.56. The summed E-state index contributed by atoms with van der Waals surface area (Å²) in [7, 11) is 0. The molecule has 170 valence electrons. The first-order valence-electron chi connectivity index (χ1n) is 11.7. The molecule has 0 radical (unpaired) electrons. The molecule has 0 atom stereocenters. The topological polar surface area (TPSA) is 33.8 Å². The van der Waals surface area contributed by atoms with Crippen LogP contribution in [0.1, 0.15) is 69.2 Å². The molecule has 0 spiro atoms. The van der Waals surface area contributed by atoms with Crippen LogP contribution in [0.2, 0.25) is 0 Å². The zero-order chi connectivity index (χ0) is 21.7. The summed E-state index contributed by atoms with van der Waals surface area (Å²) in [6.45, 7) is 31.8. The van der Waals surface area contributed by atoms with Crippen molar-refractivity contribution in [3.05, 3.63) is 0 Å². The van der Waals surface area contributed by atoms with Crippen LogP contribution in [0.4, 0.5) is 0 Å². The van der Waals surface area contributed by atoms with Gasteiger partial charge in [0.25, 0.3) is 0 Å². The Balaban J connectivity index is 4.38. The van der Waals surface area contributed by atoms with Gasteiger partial charge in [0.05, 0.1) is 0 Å². The smallest absolute Gasteiger partial charge is 0.0115 e. The summed E-state index contributed by atoms with van der Waals surface area (Å²) in [5.74, 6) is 0. The second-order valence-corrected chi connectivity index (χ2v) is 9.54. The molecule has 0 aliphatic heterocycles. The van der Waals surface area contributed by atoms with Crippen molar-refractivity contribution < 1.29 is 0 Å². The summed E-state index contributed by atoms with van der Waals surface area (Å²) in [4.78, 5) is 7.86. The van der Waals surface area contributed by atoms with Crippen molar-refractivity contribution in [2.75, 3.05) is 52.4 Å². The normalized spacial score (nSPS) is 13.1. The lowest BCUT2D eigenvalue weighted by molar-refractivity contribution is 0.113. The zero-order valence-electron chi connectivity index (χ0n) is 20.9. The number of hydrogen-bond acceptors (Lipinski definition) is 5. The third kappa shape index (κ3) is 13.1. The van der Waals surface area contributed by atoms with Crippen molar-refractivity contribution in [2.24, 2.45) is 0 Å². The fourth-order valence-electron chi connectivity index (χ4n) is 3.67. The molecule has 0 fully saturated rings. The van der Waals surface area contributed by atoms with Crippen LogP contribution in [-0.2, 0) is 0 Å². The fourth-order valence-corrected chi connectivity index (χ4v) is 3.67. The SMILES string of the molecule is CC(C)NCCNCCN(CCN(CCN(C(C)C)C(C)C)C(C)C)C(C)C. The molecule has 0 heterocycles. The van der Waals surface area contributed by atoms with Crippen molar-refractivity contribution in [2.45, 2.75) is 99.4 Å². The maximum absolute atomic E-state index is 3.58. The minimum atomic E-state index is 0.568. The monoisotopic (exact) mass is 399 g/mol. The Morgan fingerprint density at radius 3 is 1.39 bits per heavy atom. The maximum atomic E-state index is 3.58. The van der Waals surface area contributed by atoms with Gasteiger partial charge in [-0.05, 0) is 55.4 Å². The van der Waals surface area contributed by atoms with Gasteiger partial charge in [0.15, 0.2) is 0 Å². The van der Waals surface area contributed by atoms with E-state index in [4.69, 9.17) is 0 Å². The molecule has 0 rings (SSSR count). The average molecular weight is 400 g/mol. The van der Waals surface area contributed by atoms with Gasteiger partial charge in [0, 0.05) is 82.6 Å². The first-order chi connectivity index (χ1) is 13.1. The summed E-state index contributed by atoms with van der Waals surface area (Å²) >= 11 is 0. The van der Waals surface area contributed by atoms with Gasteiger partial charge < -0.3 is 10.6 Å². The van der Waals surface area contributed by atoms with Gasteiger partial charge in [-0.2, -0.15) is 0 Å². The van der Waals surface area contributed by atoms with E-state index in [0.29, 0.717) is 30.2 Å². The van der Waals surface area contributed by atoms with E-state index in [-0.39, 0.29) is 0 Å². The lowest BCUT2D eigenvalue weighted by atomic mass is 10.2. The third-order valence-corrected chi connectivity index (χ3v) is 5.54. The molecule has 0 saturated carbocycles. The summed E-state index contributed by atoms with van der Waals surface area (Å²) in [5.41, 5.74) is 0. The number of nitrogens with zero attached hydrogens (tertiary/aromatic N) is 3. The molecule has 5 nitrogen and oxygen atoms in total. The van der Waals surface area contributed by atoms with Gasteiger partial charge >= 0.3 is 0 Å². The van der Waals surface area contributed by atoms with Crippen LogP contribution in [0.3, 0.4) is 0 Å². The summed E-state index contributed by atoms with van der Waals surface area (Å²) in [5, 5.41) is 7.04. The number of rotatable bonds is 17. The molecule has 28 heavy (non-hydrogen) atoms. The largest absolute Gasteiger partial charge is 0.314 e. The molecule has 0 amide bonds. The van der Waals surface area contributed by atoms with E-state index in [1.165, 1.54) is 0 Å². The molecule has 0 bridgehead atoms. The second-order valence-electron chi connectivity index (χ2n) is 9.54. The first kappa shape index (κ1) is 27.8. The van der Waals surface area contributed by atoms with Gasteiger partial charge in [-0.1, -0.05) is 13.8 Å². The van der Waals surface area contributed by atoms with Gasteiger partial charge in [-0.25, -0.2) is 0 Å². The Kier molecular flexibility index (Phi) is 15.5. The Morgan fingerprint density at radius 1 is 0.500 bits per heavy atom. The molecule has 0 aromatic rings. The van der Waals surface area contributed by atoms with Crippen LogP contribution >= 0.6 is 0 Å². The molecular weight excluding hydrogens is 346 g/mol. The predicted molar refractivity (Wildman–Crippen MR) is 126 cm³/mol. The standard InChI is InChI=1S/C23H53N5/c1-19(2)25-12-11-24-13-14-26(20(3)4)15-16-27(21(5)6)17-18-28(22(7)8)23(9)10/h19-25H,11-18H2,1-10H3. The lowest BCUT2D eigenvalue weighted by Gasteiger charge is -2.36. The zero-order valence-corrected chi connectivity index (χ0v) is 20.9. The van der Waals surface area contributed by atoms with Crippen LogP contribution in [-0.4, -0.2) is 97.3 Å². The highest BCUT2D eigenvalue weighted by molar-refractivity contribution is 4.74. The van der Waals surface area contributed by atoms with E-state index in [1.54, 1.807) is 0 Å². The minimum Gasteiger partial charge on any atom is -0.314 e. The van der Waals surface area contributed by atoms with Crippen LogP contribution in [0.15, 0.2) is 0 Å². The highest BCUT2D eigenvalue weighted by Crippen LogP contribution is 2.07. The lowest BCUT2D eigenvalue weighted by Crippen LogP contribution is -2.47. The molecule has 2 N–H and O–H groups in total. The summed E-state index contributed by atoms with van der Waals surface area (Å²) in [6.07, 6.45) is 0. The summed E-state index contributed by atoms with van der Waals surface area (Å²) in [6, 6.07) is 2.97. The molecule has 0 aromatic heterocycles. The highest BCUT2D eigenvalue weighted by Gasteiger charge is 2.18. The van der Waals surface area contributed by atoms with E-state index < -0.39 is 0 Å². The Morgan fingerprint density at radius 2 is 0.964 bits per heavy atom. The van der Waals surface area contributed by atoms with E-state index >= 15 is 0 Å². The molecule has 0 saturated heterocycles. The second kappa shape index (κ2) is 15.6. The van der Waals surface area contributed by atoms with Gasteiger partial charge in [-0.15, -0.1) is 0 Å². The van der Waals surface area contributed by atoms with Crippen molar-refractivity contribution in [1.82, 2.24) is 25.3 Å². The van der Waals surface area contributed by atoms with E-state index in [1.807, 2.05) is 0 Å². The van der Waals surface area contributed by atoms with E-state index in [0.717, 1.165) is 52.4 Å². The van der Waals surface area contributed by atoms with Crippen LogP contribution < -0.4 is 10.6 Å². The predicted octanol–water partition coefficient (Wildman–Crippen LogP) is 3.11. The Hall–Kier alpha value is -0.200. The number of hydrogen-bond donors (Lipinski definition) is 2. The Labute approximate surface area is 177 Å². The third-order valence-electron chi connectivity index (χ3n) is 5.54. The van der Waals surface area contributed by atoms with E-state index in [9.17, 15) is 0 Å². The molecule has 0 unspecified atom stereocenters. The van der Waals surface area contributed by atoms with Gasteiger partial charge in [0.1, 0.15) is 0 Å². The molecule has 5 heteroatoms. The fraction of sp³-hybridized carbons (Fsp3) is 1.00. The first-order valence-corrected chi connectivity index (χ1v) is 11.7. The molecule has 0 aliphatic rings.